The molecular formula is C25H19N3O4. The maximum Gasteiger partial charge on any atom is 0.308 e. The lowest BCUT2D eigenvalue weighted by Crippen LogP contribution is -2.16. The summed E-state index contributed by atoms with van der Waals surface area (Å²) in [6.07, 6.45) is 0. The van der Waals surface area contributed by atoms with Crippen LogP contribution in [0, 0.1) is 0 Å². The molecule has 0 atom stereocenters. The fourth-order valence-electron chi connectivity index (χ4n) is 3.16. The van der Waals surface area contributed by atoms with Crippen molar-refractivity contribution in [1.29, 1.82) is 0 Å². The Morgan fingerprint density at radius 3 is 2.41 bits per heavy atom. The van der Waals surface area contributed by atoms with Crippen LogP contribution in [-0.4, -0.2) is 22.8 Å². The first-order valence-electron chi connectivity index (χ1n) is 9.85. The number of nitrogens with zero attached hydrogens (tertiary/aromatic N) is 1. The monoisotopic (exact) mass is 425 g/mol. The van der Waals surface area contributed by atoms with Crippen molar-refractivity contribution >= 4 is 40.2 Å². The maximum absolute atomic E-state index is 12.7. The number of rotatable bonds is 5. The lowest BCUT2D eigenvalue weighted by Gasteiger charge is -2.11. The van der Waals surface area contributed by atoms with Gasteiger partial charge in [0.2, 0.25) is 0 Å². The SMILES string of the molecule is CC(=O)Oc1ccccc1C(=O)Nc1cccc(C(=O)Nc2ccc3ccccc3n2)c1. The number of pyridine rings is 1. The normalized spacial score (nSPS) is 10.4. The van der Waals surface area contributed by atoms with E-state index in [4.69, 9.17) is 4.74 Å². The van der Waals surface area contributed by atoms with Crippen LogP contribution in [0.1, 0.15) is 27.6 Å². The van der Waals surface area contributed by atoms with Crippen LogP contribution in [0.2, 0.25) is 0 Å². The van der Waals surface area contributed by atoms with Crippen molar-refractivity contribution < 1.29 is 19.1 Å². The number of anilines is 2. The van der Waals surface area contributed by atoms with Gasteiger partial charge in [0.25, 0.3) is 11.8 Å². The number of carbonyl (C=O) groups excluding carboxylic acids is 3. The average Bonchev–Trinajstić information content (AvgIpc) is 2.79. The first-order valence-corrected chi connectivity index (χ1v) is 9.85. The van der Waals surface area contributed by atoms with Crippen LogP contribution in [0.5, 0.6) is 5.75 Å². The van der Waals surface area contributed by atoms with Crippen LogP contribution in [-0.2, 0) is 4.79 Å². The third-order valence-electron chi connectivity index (χ3n) is 4.61. The number of ether oxygens (including phenoxy) is 1. The van der Waals surface area contributed by atoms with E-state index in [0.29, 0.717) is 17.1 Å². The number of esters is 1. The molecule has 4 rings (SSSR count). The first kappa shape index (κ1) is 20.7. The average molecular weight is 425 g/mol. The number of fused-ring (bicyclic) bond motifs is 1. The summed E-state index contributed by atoms with van der Waals surface area (Å²) in [5, 5.41) is 6.48. The molecule has 0 aliphatic carbocycles. The number of nitrogens with one attached hydrogen (secondary N) is 2. The molecule has 2 N–H and O–H groups in total. The van der Waals surface area contributed by atoms with E-state index >= 15 is 0 Å². The van der Waals surface area contributed by atoms with Gasteiger partial charge in [0.15, 0.2) is 0 Å². The second kappa shape index (κ2) is 9.09. The van der Waals surface area contributed by atoms with Gasteiger partial charge in [-0.15, -0.1) is 0 Å². The Kier molecular flexibility index (Phi) is 5.89. The van der Waals surface area contributed by atoms with E-state index in [0.717, 1.165) is 10.9 Å². The first-order chi connectivity index (χ1) is 15.5. The van der Waals surface area contributed by atoms with E-state index in [1.54, 1.807) is 48.5 Å². The molecule has 3 aromatic carbocycles. The number of carbonyl (C=O) groups is 3. The maximum atomic E-state index is 12.7. The zero-order chi connectivity index (χ0) is 22.5. The minimum absolute atomic E-state index is 0.161. The van der Waals surface area contributed by atoms with E-state index in [9.17, 15) is 14.4 Å². The van der Waals surface area contributed by atoms with E-state index in [-0.39, 0.29) is 17.2 Å². The van der Waals surface area contributed by atoms with Gasteiger partial charge in [-0.3, -0.25) is 14.4 Å². The largest absolute Gasteiger partial charge is 0.426 e. The molecule has 0 spiro atoms. The number of aromatic nitrogens is 1. The number of amides is 2. The summed E-state index contributed by atoms with van der Waals surface area (Å²) >= 11 is 0. The molecule has 0 radical (unpaired) electrons. The fraction of sp³-hybridized carbons (Fsp3) is 0.0400. The molecule has 1 aromatic heterocycles. The minimum Gasteiger partial charge on any atom is -0.426 e. The lowest BCUT2D eigenvalue weighted by atomic mass is 10.1. The van der Waals surface area contributed by atoms with Gasteiger partial charge in [-0.05, 0) is 48.5 Å². The summed E-state index contributed by atoms with van der Waals surface area (Å²) in [4.78, 5) is 41.1. The molecule has 7 nitrogen and oxygen atoms in total. The van der Waals surface area contributed by atoms with Crippen LogP contribution < -0.4 is 15.4 Å². The second-order valence-corrected chi connectivity index (χ2v) is 6.97. The fourth-order valence-corrected chi connectivity index (χ4v) is 3.16. The highest BCUT2D eigenvalue weighted by atomic mass is 16.5. The molecule has 0 aliphatic rings. The number of hydrogen-bond acceptors (Lipinski definition) is 5. The Balaban J connectivity index is 1.50. The van der Waals surface area contributed by atoms with Gasteiger partial charge in [-0.1, -0.05) is 36.4 Å². The topological polar surface area (TPSA) is 97.4 Å². The van der Waals surface area contributed by atoms with Gasteiger partial charge in [-0.25, -0.2) is 4.98 Å². The molecule has 32 heavy (non-hydrogen) atoms. The number of para-hydroxylation sites is 2. The molecular weight excluding hydrogens is 406 g/mol. The van der Waals surface area contributed by atoms with Crippen molar-refractivity contribution in [1.82, 2.24) is 4.98 Å². The predicted octanol–water partition coefficient (Wildman–Crippen LogP) is 4.66. The van der Waals surface area contributed by atoms with Crippen LogP contribution in [0.3, 0.4) is 0 Å². The van der Waals surface area contributed by atoms with E-state index < -0.39 is 11.9 Å². The van der Waals surface area contributed by atoms with Crippen LogP contribution >= 0.6 is 0 Å². The van der Waals surface area contributed by atoms with Crippen LogP contribution in [0.4, 0.5) is 11.5 Å². The van der Waals surface area contributed by atoms with Crippen molar-refractivity contribution in [3.8, 4) is 5.75 Å². The molecule has 1 heterocycles. The lowest BCUT2D eigenvalue weighted by molar-refractivity contribution is -0.131. The van der Waals surface area contributed by atoms with E-state index in [1.807, 2.05) is 30.3 Å². The van der Waals surface area contributed by atoms with Crippen molar-refractivity contribution in [2.24, 2.45) is 0 Å². The van der Waals surface area contributed by atoms with Gasteiger partial charge in [-0.2, -0.15) is 0 Å². The Hall–Kier alpha value is -4.52. The van der Waals surface area contributed by atoms with E-state index in [1.165, 1.54) is 13.0 Å². The zero-order valence-electron chi connectivity index (χ0n) is 17.2. The van der Waals surface area contributed by atoms with Crippen molar-refractivity contribution in [2.75, 3.05) is 10.6 Å². The summed E-state index contributed by atoms with van der Waals surface area (Å²) in [6, 6.07) is 24.2. The predicted molar refractivity (Wildman–Crippen MR) is 122 cm³/mol. The Bertz CT molecular complexity index is 1330. The van der Waals surface area contributed by atoms with Gasteiger partial charge in [0.05, 0.1) is 11.1 Å². The Morgan fingerprint density at radius 1 is 0.781 bits per heavy atom. The minimum atomic E-state index is -0.522. The van der Waals surface area contributed by atoms with Crippen molar-refractivity contribution in [3.63, 3.8) is 0 Å². The third kappa shape index (κ3) is 4.79. The zero-order valence-corrected chi connectivity index (χ0v) is 17.2. The van der Waals surface area contributed by atoms with Crippen molar-refractivity contribution in [2.45, 2.75) is 6.92 Å². The molecule has 0 unspecified atom stereocenters. The summed E-state index contributed by atoms with van der Waals surface area (Å²) in [5.41, 5.74) is 1.76. The molecule has 0 bridgehead atoms. The molecule has 0 saturated heterocycles. The third-order valence-corrected chi connectivity index (χ3v) is 4.61. The quantitative estimate of drug-likeness (QED) is 0.358. The smallest absolute Gasteiger partial charge is 0.308 e. The highest BCUT2D eigenvalue weighted by molar-refractivity contribution is 6.08. The van der Waals surface area contributed by atoms with E-state index in [2.05, 4.69) is 15.6 Å². The highest BCUT2D eigenvalue weighted by Crippen LogP contribution is 2.21. The van der Waals surface area contributed by atoms with Gasteiger partial charge < -0.3 is 15.4 Å². The molecule has 0 aliphatic heterocycles. The Morgan fingerprint density at radius 2 is 1.56 bits per heavy atom. The number of benzene rings is 3. The Labute approximate surface area is 184 Å². The van der Waals surface area contributed by atoms with Gasteiger partial charge in [0.1, 0.15) is 11.6 Å². The van der Waals surface area contributed by atoms with Crippen LogP contribution in [0.25, 0.3) is 10.9 Å². The summed E-state index contributed by atoms with van der Waals surface area (Å²) in [6.45, 7) is 1.27. The molecule has 0 fully saturated rings. The second-order valence-electron chi connectivity index (χ2n) is 6.97. The molecule has 7 heteroatoms. The molecule has 4 aromatic rings. The molecule has 158 valence electrons. The van der Waals surface area contributed by atoms with Crippen LogP contribution in [0.15, 0.2) is 84.9 Å². The summed E-state index contributed by atoms with van der Waals surface area (Å²) in [7, 11) is 0. The summed E-state index contributed by atoms with van der Waals surface area (Å²) < 4.78 is 5.09. The standard InChI is InChI=1S/C25H19N3O4/c1-16(29)32-22-12-5-3-10-20(22)25(31)26-19-9-6-8-18(15-19)24(30)28-23-14-13-17-7-2-4-11-21(17)27-23/h2-15H,1H3,(H,26,31)(H,27,28,30). The number of hydrogen-bond donors (Lipinski definition) is 2. The highest BCUT2D eigenvalue weighted by Gasteiger charge is 2.15. The molecule has 0 saturated carbocycles. The van der Waals surface area contributed by atoms with Gasteiger partial charge in [0, 0.05) is 23.6 Å². The molecule has 2 amide bonds. The summed E-state index contributed by atoms with van der Waals surface area (Å²) in [5.74, 6) is -0.752. The van der Waals surface area contributed by atoms with Gasteiger partial charge >= 0.3 is 5.97 Å². The van der Waals surface area contributed by atoms with Crippen molar-refractivity contribution in [3.05, 3.63) is 96.1 Å².